The van der Waals surface area contributed by atoms with E-state index in [9.17, 15) is 19.2 Å². The van der Waals surface area contributed by atoms with Crippen LogP contribution in [0.25, 0.3) is 174 Å². The fourth-order valence-electron chi connectivity index (χ4n) is 16.4. The van der Waals surface area contributed by atoms with Gasteiger partial charge in [-0.25, -0.2) is 48.6 Å². The number of nitrogens with one attached hydrogen (secondary N) is 4. The summed E-state index contributed by atoms with van der Waals surface area (Å²) in [7, 11) is 7.03. The van der Waals surface area contributed by atoms with Gasteiger partial charge in [-0.15, -0.1) is 0 Å². The van der Waals surface area contributed by atoms with Crippen LogP contribution < -0.4 is 31.7 Å². The van der Waals surface area contributed by atoms with Crippen LogP contribution in [0.4, 0.5) is 31.5 Å². The lowest BCUT2D eigenvalue weighted by molar-refractivity contribution is 0.304. The van der Waals surface area contributed by atoms with Crippen LogP contribution >= 0.6 is 46.4 Å². The van der Waals surface area contributed by atoms with Crippen molar-refractivity contribution in [2.24, 2.45) is 28.2 Å². The minimum Gasteiger partial charge on any atom is -0.501 e. The van der Waals surface area contributed by atoms with Gasteiger partial charge in [0, 0.05) is 104 Å². The molecule has 0 atom stereocenters. The number of hydrogen-bond donors (Lipinski definition) is 4. The number of hydrogen-bond acceptors (Lipinski definition) is 14. The Bertz CT molecular complexity index is 7700. The number of nitrogens with zero attached hydrogens (tertiary/aromatic N) is 16. The van der Waals surface area contributed by atoms with Gasteiger partial charge in [0.05, 0.1) is 140 Å². The Kier molecular flexibility index (Phi) is 23.9. The van der Waals surface area contributed by atoms with Crippen LogP contribution in [-0.2, 0) is 53.9 Å². The molecule has 0 spiro atoms. The number of benzene rings is 10. The predicted octanol–water partition coefficient (Wildman–Crippen LogP) is 22.7. The summed E-state index contributed by atoms with van der Waals surface area (Å²) >= 11 is 26.2. The molecule has 4 N–H and O–H groups in total. The Hall–Kier alpha value is -15.3. The lowest BCUT2D eigenvalue weighted by Gasteiger charge is -2.15. The Labute approximate surface area is 759 Å². The molecule has 0 unspecified atom stereocenters. The van der Waals surface area contributed by atoms with Crippen molar-refractivity contribution < 1.29 is 18.3 Å². The number of aromatic amines is 4. The maximum atomic E-state index is 15.4. The highest BCUT2D eigenvalue weighted by molar-refractivity contribution is 6.40. The highest BCUT2D eigenvalue weighted by atomic mass is 35.5. The molecule has 18 aromatic rings. The molecular formula is C98H74Cl4F2N20O6. The fourth-order valence-corrected chi connectivity index (χ4v) is 17.5. The van der Waals surface area contributed by atoms with Gasteiger partial charge in [0.15, 0.2) is 11.4 Å². The first kappa shape index (κ1) is 86.8. The van der Waals surface area contributed by atoms with Gasteiger partial charge in [-0.05, 0) is 168 Å². The fraction of sp³-hybridized carbons (Fsp3) is 0.184. The second-order valence-electron chi connectivity index (χ2n) is 31.1. The Balaban J connectivity index is 0.000000121. The van der Waals surface area contributed by atoms with Crippen LogP contribution in [0.15, 0.2) is 190 Å². The first-order chi connectivity index (χ1) is 62.9. The van der Waals surface area contributed by atoms with Crippen LogP contribution in [0.2, 0.25) is 20.1 Å². The van der Waals surface area contributed by atoms with Crippen molar-refractivity contribution in [3.63, 3.8) is 0 Å². The summed E-state index contributed by atoms with van der Waals surface area (Å²) in [5, 5.41) is 54.1. The van der Waals surface area contributed by atoms with Gasteiger partial charge in [0.1, 0.15) is 23.1 Å². The molecule has 8 heterocycles. The van der Waals surface area contributed by atoms with E-state index in [-0.39, 0.29) is 78.5 Å². The zero-order chi connectivity index (χ0) is 91.4. The first-order valence-electron chi connectivity index (χ1n) is 41.4. The van der Waals surface area contributed by atoms with Crippen LogP contribution in [0.1, 0.15) is 76.2 Å². The molecular weight excluding hydrogens is 1730 g/mol. The predicted molar refractivity (Wildman–Crippen MR) is 505 cm³/mol. The molecule has 20 rings (SSSR count). The molecule has 2 saturated carbocycles. The van der Waals surface area contributed by atoms with E-state index < -0.39 is 11.6 Å². The van der Waals surface area contributed by atoms with Gasteiger partial charge in [0.25, 0.3) is 22.2 Å². The second-order valence-corrected chi connectivity index (χ2v) is 32.6. The van der Waals surface area contributed by atoms with E-state index >= 15 is 8.78 Å². The van der Waals surface area contributed by atoms with Crippen LogP contribution in [0.3, 0.4) is 0 Å². The average molecular weight is 1810 g/mol. The van der Waals surface area contributed by atoms with E-state index in [1.165, 1.54) is 21.5 Å². The molecule has 2 aliphatic rings. The van der Waals surface area contributed by atoms with Crippen molar-refractivity contribution in [1.82, 2.24) is 79.9 Å². The summed E-state index contributed by atoms with van der Waals surface area (Å²) < 4.78 is 49.1. The lowest BCUT2D eigenvalue weighted by Crippen LogP contribution is -2.10. The van der Waals surface area contributed by atoms with Gasteiger partial charge < -0.3 is 9.47 Å². The quantitative estimate of drug-likeness (QED) is 0.0654. The molecule has 0 amide bonds. The zero-order valence-corrected chi connectivity index (χ0v) is 73.9. The van der Waals surface area contributed by atoms with Crippen molar-refractivity contribution >= 4 is 134 Å². The summed E-state index contributed by atoms with van der Waals surface area (Å²) in [5.41, 5.74) is 12.9. The maximum absolute atomic E-state index is 15.4. The molecule has 2 aliphatic carbocycles. The van der Waals surface area contributed by atoms with Crippen LogP contribution in [0.5, 0.6) is 11.5 Å². The van der Waals surface area contributed by atoms with Crippen molar-refractivity contribution in [1.29, 1.82) is 0 Å². The number of fused-ring (bicyclic) bond motifs is 6. The summed E-state index contributed by atoms with van der Waals surface area (Å²) in [6.45, 7) is 39.0. The lowest BCUT2D eigenvalue weighted by atomic mass is 9.96. The molecule has 32 heteroatoms. The van der Waals surface area contributed by atoms with Gasteiger partial charge in [-0.2, -0.15) is 40.8 Å². The van der Waals surface area contributed by atoms with Gasteiger partial charge in [0.2, 0.25) is 11.4 Å². The normalized spacial score (nSPS) is 12.3. The summed E-state index contributed by atoms with van der Waals surface area (Å²) in [6, 6.07) is 44.0. The molecule has 8 aromatic heterocycles. The minimum atomic E-state index is -0.705. The minimum absolute atomic E-state index is 0.0180. The molecule has 644 valence electrons. The molecule has 0 bridgehead atoms. The Morgan fingerprint density at radius 3 is 0.908 bits per heavy atom. The van der Waals surface area contributed by atoms with Crippen LogP contribution in [0, 0.1) is 37.9 Å². The number of rotatable bonds is 16. The third-order valence-electron chi connectivity index (χ3n) is 23.1. The highest BCUT2D eigenvalue weighted by Crippen LogP contribution is 2.53. The molecule has 2 fully saturated rings. The van der Waals surface area contributed by atoms with E-state index in [2.05, 4.69) is 80.6 Å². The van der Waals surface area contributed by atoms with Gasteiger partial charge in [-0.3, -0.25) is 37.9 Å². The topological polar surface area (TPSA) is 290 Å². The molecule has 0 aliphatic heterocycles. The second kappa shape index (κ2) is 35.9. The van der Waals surface area contributed by atoms with Crippen LogP contribution in [-0.4, -0.2) is 92.1 Å². The summed E-state index contributed by atoms with van der Waals surface area (Å²) in [5.74, 6) is -0.875. The van der Waals surface area contributed by atoms with E-state index in [1.54, 1.807) is 84.6 Å². The Morgan fingerprint density at radius 1 is 0.369 bits per heavy atom. The number of ether oxygens (including phenoxy) is 2. The van der Waals surface area contributed by atoms with Gasteiger partial charge in [-0.1, -0.05) is 147 Å². The average Bonchev–Trinajstić information content (AvgIpc) is 1.56. The highest BCUT2D eigenvalue weighted by Gasteiger charge is 2.34. The largest absolute Gasteiger partial charge is 0.501 e. The van der Waals surface area contributed by atoms with Crippen molar-refractivity contribution in [3.05, 3.63) is 312 Å². The first-order valence-corrected chi connectivity index (χ1v) is 42.9. The third kappa shape index (κ3) is 16.0. The molecule has 10 aromatic carbocycles. The summed E-state index contributed by atoms with van der Waals surface area (Å²) in [4.78, 5) is 63.7. The maximum Gasteiger partial charge on any atom is 0.272 e. The molecule has 130 heavy (non-hydrogen) atoms. The monoisotopic (exact) mass is 1800 g/mol. The smallest absolute Gasteiger partial charge is 0.272 e. The standard InChI is InChI=1S/2C25H18ClN5O.2C24H19ClFN5O2/c2*1-4-20-18-11-15(9-10-17(18)25(32)30-29-20)19-13-28-31(3)24(19)22-21(27-2)12-14-7-5-6-8-16(14)23(22)26;2*1-4-18-15-9-12(5-8-14(15)24(32)30-29-18)16-11-28-31(3)23(16)20-21(26)17(25)10-19(22(20)27-2)33-13-6-7-13/h2*5-13H,4H2,1,3H3,(H,30,32);2*5,8-11,13H,4,6-7H2,1,3H3,(H,30,32). The van der Waals surface area contributed by atoms with Gasteiger partial charge >= 0.3 is 0 Å². The molecule has 0 radical (unpaired) electrons. The summed E-state index contributed by atoms with van der Waals surface area (Å²) in [6.07, 6.45) is 13.0. The number of H-pyrrole nitrogens is 4. The number of aryl methyl sites for hydroxylation is 8. The van der Waals surface area contributed by atoms with Crippen molar-refractivity contribution in [2.45, 2.75) is 91.3 Å². The molecule has 26 nitrogen and oxygen atoms in total. The Morgan fingerprint density at radius 2 is 0.646 bits per heavy atom. The van der Waals surface area contributed by atoms with Crippen molar-refractivity contribution in [3.8, 4) is 101 Å². The number of halogens is 6. The van der Waals surface area contributed by atoms with E-state index in [0.717, 1.165) is 114 Å². The number of aromatic nitrogens is 16. The van der Waals surface area contributed by atoms with E-state index in [0.29, 0.717) is 124 Å². The van der Waals surface area contributed by atoms with E-state index in [4.69, 9.17) is 82.2 Å². The van der Waals surface area contributed by atoms with E-state index in [1.807, 2.05) is 139 Å². The molecule has 0 saturated heterocycles. The van der Waals surface area contributed by atoms with Crippen molar-refractivity contribution in [2.75, 3.05) is 0 Å². The SMILES string of the molecule is [C-]#[N+]c1c(OC2CC2)cc(Cl)c(F)c1-c1c(-c2ccc3c(=O)[nH]nc(CC)c3c2)cnn1C.[C-]#[N+]c1c(OC2CC2)cc(Cl)c(F)c1-c1c(-c2ccc3c(=O)[nH]nc(CC)c3c2)cnn1C.[C-]#[N+]c1cc2ccccc2c(Cl)c1-c1c(-c2ccc3c(=O)[nH]nc(CC)c3c2)cnn1C.[C-]#[N+]c1cc2ccccc2c(Cl)c1-c1c(-c2ccc3c(=O)[nH]nc(CC)c3c2)cnn1C. The third-order valence-corrected chi connectivity index (χ3v) is 24.4. The zero-order valence-electron chi connectivity index (χ0n) is 70.9.